The van der Waals surface area contributed by atoms with Gasteiger partial charge in [-0.3, -0.25) is 4.79 Å². The van der Waals surface area contributed by atoms with Gasteiger partial charge in [0.25, 0.3) is 5.91 Å². The Morgan fingerprint density at radius 2 is 2.24 bits per heavy atom. The van der Waals surface area contributed by atoms with Crippen molar-refractivity contribution in [3.8, 4) is 10.6 Å². The van der Waals surface area contributed by atoms with Crippen LogP contribution in [0.4, 0.5) is 5.00 Å². The van der Waals surface area contributed by atoms with E-state index in [1.807, 2.05) is 17.5 Å². The van der Waals surface area contributed by atoms with Crippen LogP contribution in [0.5, 0.6) is 0 Å². The summed E-state index contributed by atoms with van der Waals surface area (Å²) in [5, 5.41) is 9.06. The molecule has 0 radical (unpaired) electrons. The molecule has 1 N–H and O–H groups in total. The van der Waals surface area contributed by atoms with E-state index in [-0.39, 0.29) is 5.69 Å². The van der Waals surface area contributed by atoms with E-state index in [9.17, 15) is 9.59 Å². The summed E-state index contributed by atoms with van der Waals surface area (Å²) in [5.74, 6) is -0.284. The van der Waals surface area contributed by atoms with E-state index in [1.54, 1.807) is 6.07 Å². The van der Waals surface area contributed by atoms with E-state index in [0.717, 1.165) is 34.6 Å². The lowest BCUT2D eigenvalue weighted by Crippen LogP contribution is -2.14. The molecule has 25 heavy (non-hydrogen) atoms. The Kier molecular flexibility index (Phi) is 4.14. The summed E-state index contributed by atoms with van der Waals surface area (Å²) in [6.07, 6.45) is 2.78. The molecule has 1 amide bonds. The fourth-order valence-electron chi connectivity index (χ4n) is 2.89. The van der Waals surface area contributed by atoms with Crippen molar-refractivity contribution in [1.29, 1.82) is 0 Å². The molecule has 0 aliphatic heterocycles. The van der Waals surface area contributed by atoms with Crippen molar-refractivity contribution >= 4 is 39.6 Å². The average molecular weight is 374 g/mol. The summed E-state index contributed by atoms with van der Waals surface area (Å²) in [7, 11) is 1.35. The minimum Gasteiger partial charge on any atom is -0.465 e. The van der Waals surface area contributed by atoms with Crippen LogP contribution in [0, 0.1) is 0 Å². The van der Waals surface area contributed by atoms with Gasteiger partial charge in [0, 0.05) is 10.9 Å². The fourth-order valence-corrected chi connectivity index (χ4v) is 4.84. The summed E-state index contributed by atoms with van der Waals surface area (Å²) in [6.45, 7) is 0. The molecule has 0 fully saturated rings. The van der Waals surface area contributed by atoms with E-state index in [0.29, 0.717) is 16.3 Å². The van der Waals surface area contributed by atoms with Gasteiger partial charge in [-0.2, -0.15) is 0 Å². The number of esters is 1. The van der Waals surface area contributed by atoms with Crippen molar-refractivity contribution in [2.45, 2.75) is 19.3 Å². The van der Waals surface area contributed by atoms with Crippen LogP contribution in [-0.2, 0) is 17.6 Å². The molecule has 0 bridgehead atoms. The number of nitrogens with one attached hydrogen (secondary N) is 1. The van der Waals surface area contributed by atoms with Gasteiger partial charge in [-0.15, -0.1) is 22.7 Å². The molecule has 128 valence electrons. The average Bonchev–Trinajstić information content (AvgIpc) is 3.35. The molecule has 0 saturated heterocycles. The van der Waals surface area contributed by atoms with Crippen molar-refractivity contribution in [2.75, 3.05) is 12.4 Å². The second-order valence-corrected chi connectivity index (χ2v) is 7.61. The number of aromatic nitrogens is 1. The van der Waals surface area contributed by atoms with Gasteiger partial charge in [0.15, 0.2) is 11.5 Å². The molecule has 8 heteroatoms. The number of methoxy groups -OCH3 is 1. The van der Waals surface area contributed by atoms with Crippen LogP contribution in [0.2, 0.25) is 0 Å². The molecule has 0 unspecified atom stereocenters. The third-order valence-corrected chi connectivity index (χ3v) is 6.14. The highest BCUT2D eigenvalue weighted by atomic mass is 32.1. The number of aryl methyl sites for hydroxylation is 1. The Balaban J connectivity index is 1.60. The third kappa shape index (κ3) is 2.87. The smallest absolute Gasteiger partial charge is 0.341 e. The van der Waals surface area contributed by atoms with E-state index in [1.165, 1.54) is 29.8 Å². The van der Waals surface area contributed by atoms with Gasteiger partial charge < -0.3 is 14.6 Å². The molecule has 3 aromatic rings. The molecule has 6 nitrogen and oxygen atoms in total. The number of thiophene rings is 2. The molecule has 3 aromatic heterocycles. The van der Waals surface area contributed by atoms with Gasteiger partial charge in [-0.05, 0) is 36.3 Å². The first-order chi connectivity index (χ1) is 12.2. The quantitative estimate of drug-likeness (QED) is 0.698. The summed E-state index contributed by atoms with van der Waals surface area (Å²) >= 11 is 2.94. The second kappa shape index (κ2) is 6.45. The molecule has 0 aromatic carbocycles. The molecular formula is C17H14N2O4S2. The first-order valence-corrected chi connectivity index (χ1v) is 9.41. The highest BCUT2D eigenvalue weighted by Gasteiger charge is 2.28. The number of carbonyl (C=O) groups excluding carboxylic acids is 2. The van der Waals surface area contributed by atoms with E-state index in [2.05, 4.69) is 10.5 Å². The molecule has 0 spiro atoms. The van der Waals surface area contributed by atoms with Gasteiger partial charge in [-0.1, -0.05) is 11.2 Å². The highest BCUT2D eigenvalue weighted by molar-refractivity contribution is 7.17. The van der Waals surface area contributed by atoms with Crippen molar-refractivity contribution in [2.24, 2.45) is 0 Å². The molecule has 3 heterocycles. The lowest BCUT2D eigenvalue weighted by Gasteiger charge is -2.05. The van der Waals surface area contributed by atoms with Crippen molar-refractivity contribution in [3.05, 3.63) is 45.3 Å². The number of carbonyl (C=O) groups is 2. The zero-order chi connectivity index (χ0) is 17.4. The summed E-state index contributed by atoms with van der Waals surface area (Å²) in [6, 6.07) is 5.39. The Morgan fingerprint density at radius 1 is 1.36 bits per heavy atom. The zero-order valence-corrected chi connectivity index (χ0v) is 15.0. The summed E-state index contributed by atoms with van der Waals surface area (Å²) < 4.78 is 10.1. The predicted molar refractivity (Wildman–Crippen MR) is 95.5 cm³/mol. The lowest BCUT2D eigenvalue weighted by molar-refractivity contribution is 0.0601. The Hall–Kier alpha value is -2.45. The summed E-state index contributed by atoms with van der Waals surface area (Å²) in [5.41, 5.74) is 1.63. The number of rotatable bonds is 4. The monoisotopic (exact) mass is 374 g/mol. The molecule has 1 aliphatic carbocycles. The van der Waals surface area contributed by atoms with Crippen molar-refractivity contribution in [3.63, 3.8) is 0 Å². The topological polar surface area (TPSA) is 81.4 Å². The molecular weight excluding hydrogens is 360 g/mol. The van der Waals surface area contributed by atoms with Crippen LogP contribution in [0.15, 0.2) is 28.1 Å². The van der Waals surface area contributed by atoms with Crippen LogP contribution in [0.25, 0.3) is 10.6 Å². The Bertz CT molecular complexity index is 940. The van der Waals surface area contributed by atoms with Gasteiger partial charge in [0.05, 0.1) is 17.6 Å². The number of nitrogens with zero attached hydrogens (tertiary/aromatic N) is 1. The Labute approximate surface area is 151 Å². The molecule has 0 atom stereocenters. The van der Waals surface area contributed by atoms with Crippen LogP contribution >= 0.6 is 22.7 Å². The van der Waals surface area contributed by atoms with Crippen molar-refractivity contribution < 1.29 is 18.8 Å². The molecule has 4 rings (SSSR count). The number of hydrogen-bond acceptors (Lipinski definition) is 7. The number of ether oxygens (including phenoxy) is 1. The van der Waals surface area contributed by atoms with Gasteiger partial charge in [0.1, 0.15) is 5.00 Å². The van der Waals surface area contributed by atoms with E-state index < -0.39 is 11.9 Å². The van der Waals surface area contributed by atoms with Gasteiger partial charge in [0.2, 0.25) is 0 Å². The summed E-state index contributed by atoms with van der Waals surface area (Å²) in [4.78, 5) is 26.7. The maximum absolute atomic E-state index is 12.5. The fraction of sp³-hybridized carbons (Fsp3) is 0.235. The minimum atomic E-state index is -0.422. The molecule has 1 aliphatic rings. The maximum atomic E-state index is 12.5. The lowest BCUT2D eigenvalue weighted by atomic mass is 10.1. The van der Waals surface area contributed by atoms with Crippen LogP contribution in [0.1, 0.15) is 37.7 Å². The molecule has 0 saturated carbocycles. The third-order valence-electron chi connectivity index (χ3n) is 4.04. The normalized spacial score (nSPS) is 12.8. The number of amides is 1. The number of hydrogen-bond donors (Lipinski definition) is 1. The minimum absolute atomic E-state index is 0.174. The zero-order valence-electron chi connectivity index (χ0n) is 13.3. The first-order valence-electron chi connectivity index (χ1n) is 7.72. The highest BCUT2D eigenvalue weighted by Crippen LogP contribution is 2.39. The van der Waals surface area contributed by atoms with E-state index >= 15 is 0 Å². The second-order valence-electron chi connectivity index (χ2n) is 5.56. The largest absolute Gasteiger partial charge is 0.465 e. The first kappa shape index (κ1) is 16.0. The van der Waals surface area contributed by atoms with Gasteiger partial charge >= 0.3 is 5.97 Å². The van der Waals surface area contributed by atoms with Crippen LogP contribution in [-0.4, -0.2) is 24.1 Å². The number of anilines is 1. The standard InChI is InChI=1S/C17H14N2O4S2/c1-22-17(21)14-9-4-2-5-12(9)25-16(14)18-15(20)10-8-11(23-19-10)13-6-3-7-24-13/h3,6-8H,2,4-5H2,1H3,(H,18,20). The predicted octanol–water partition coefficient (Wildman–Crippen LogP) is 3.99. The van der Waals surface area contributed by atoms with Crippen molar-refractivity contribution in [1.82, 2.24) is 5.16 Å². The SMILES string of the molecule is COC(=O)c1c(NC(=O)c2cc(-c3cccs3)on2)sc2c1CCC2. The van der Waals surface area contributed by atoms with Gasteiger partial charge in [-0.25, -0.2) is 4.79 Å². The number of fused-ring (bicyclic) bond motifs is 1. The van der Waals surface area contributed by atoms with Crippen LogP contribution < -0.4 is 5.32 Å². The van der Waals surface area contributed by atoms with E-state index in [4.69, 9.17) is 9.26 Å². The Morgan fingerprint density at radius 3 is 3.00 bits per heavy atom. The van der Waals surface area contributed by atoms with Crippen LogP contribution in [0.3, 0.4) is 0 Å². The maximum Gasteiger partial charge on any atom is 0.341 e.